The number of hydrogen-bond acceptors (Lipinski definition) is 7. The minimum Gasteiger partial charge on any atom is -0.444 e. The molecular formula is C16H18F3N3O7. The van der Waals surface area contributed by atoms with Crippen molar-refractivity contribution < 1.29 is 37.3 Å². The molecule has 3 atom stereocenters. The van der Waals surface area contributed by atoms with E-state index in [1.54, 1.807) is 5.32 Å². The van der Waals surface area contributed by atoms with Crippen LogP contribution in [-0.2, 0) is 19.0 Å². The van der Waals surface area contributed by atoms with Gasteiger partial charge in [-0.25, -0.2) is 4.79 Å². The second-order valence-corrected chi connectivity index (χ2v) is 5.85. The van der Waals surface area contributed by atoms with Gasteiger partial charge in [-0.3, -0.25) is 19.1 Å². The standard InChI is InChI=1S/C16H18F3N3O7/c17-16(18,19)14(25)20-3-7-27-5-1-6-28-9-11-10(23)8-13(29-11)22-4-2-12(24)21-15(22)26/h2,4,10-11,13,23H,3,5,7-9H2,(H,20,25)(H,21,24,26)/t10-,11+,13+/m0/s1. The molecular weight excluding hydrogens is 403 g/mol. The van der Waals surface area contributed by atoms with Gasteiger partial charge in [0.25, 0.3) is 5.56 Å². The van der Waals surface area contributed by atoms with Gasteiger partial charge >= 0.3 is 17.8 Å². The predicted molar refractivity (Wildman–Crippen MR) is 89.5 cm³/mol. The molecule has 29 heavy (non-hydrogen) atoms. The van der Waals surface area contributed by atoms with Crippen LogP contribution in [0, 0.1) is 12.0 Å². The number of aliphatic hydroxyl groups is 1. The van der Waals surface area contributed by atoms with E-state index in [4.69, 9.17) is 14.2 Å². The summed E-state index contributed by atoms with van der Waals surface area (Å²) in [6.07, 6.45) is -3.74. The van der Waals surface area contributed by atoms with Crippen molar-refractivity contribution in [3.63, 3.8) is 0 Å². The molecule has 1 saturated heterocycles. The van der Waals surface area contributed by atoms with Gasteiger partial charge in [0, 0.05) is 25.2 Å². The van der Waals surface area contributed by atoms with E-state index >= 15 is 0 Å². The third-order valence-corrected chi connectivity index (χ3v) is 3.72. The van der Waals surface area contributed by atoms with E-state index in [1.165, 1.54) is 6.20 Å². The van der Waals surface area contributed by atoms with Gasteiger partial charge in [0.15, 0.2) is 0 Å². The van der Waals surface area contributed by atoms with Crippen molar-refractivity contribution in [1.29, 1.82) is 0 Å². The highest BCUT2D eigenvalue weighted by molar-refractivity contribution is 5.81. The van der Waals surface area contributed by atoms with Gasteiger partial charge in [0.1, 0.15) is 31.7 Å². The number of aromatic nitrogens is 2. The first-order chi connectivity index (χ1) is 13.7. The Hall–Kier alpha value is -2.82. The SMILES string of the molecule is O=C(NCCOCC#COC[C@H]1O[C@@H](n2ccc(=O)[nH]c2=O)C[C@@H]1O)C(F)(F)F. The second-order valence-electron chi connectivity index (χ2n) is 5.85. The maximum atomic E-state index is 11.9. The van der Waals surface area contributed by atoms with Crippen molar-refractivity contribution in [1.82, 2.24) is 14.9 Å². The normalized spacial score (nSPS) is 21.3. The number of ether oxygens (including phenoxy) is 3. The summed E-state index contributed by atoms with van der Waals surface area (Å²) in [7, 11) is 0. The molecule has 1 aromatic heterocycles. The molecule has 2 heterocycles. The summed E-state index contributed by atoms with van der Waals surface area (Å²) >= 11 is 0. The zero-order valence-electron chi connectivity index (χ0n) is 14.9. The lowest BCUT2D eigenvalue weighted by Gasteiger charge is -2.14. The Kier molecular flexibility index (Phi) is 7.82. The summed E-state index contributed by atoms with van der Waals surface area (Å²) in [4.78, 5) is 35.4. The van der Waals surface area contributed by atoms with Gasteiger partial charge in [0.05, 0.1) is 12.7 Å². The lowest BCUT2D eigenvalue weighted by molar-refractivity contribution is -0.173. The van der Waals surface area contributed by atoms with Crippen LogP contribution in [0.1, 0.15) is 12.6 Å². The number of nitrogens with one attached hydrogen (secondary N) is 2. The van der Waals surface area contributed by atoms with Gasteiger partial charge in [-0.1, -0.05) is 0 Å². The van der Waals surface area contributed by atoms with Crippen LogP contribution in [0.15, 0.2) is 21.9 Å². The van der Waals surface area contributed by atoms with Crippen LogP contribution < -0.4 is 16.6 Å². The molecule has 1 amide bonds. The maximum Gasteiger partial charge on any atom is 0.471 e. The summed E-state index contributed by atoms with van der Waals surface area (Å²) in [6.45, 7) is -0.749. The Bertz CT molecular complexity index is 871. The van der Waals surface area contributed by atoms with Crippen molar-refractivity contribution in [3.05, 3.63) is 33.1 Å². The number of rotatable bonds is 7. The Balaban J connectivity index is 1.65. The molecule has 0 aliphatic carbocycles. The predicted octanol–water partition coefficient (Wildman–Crippen LogP) is -1.14. The van der Waals surface area contributed by atoms with Crippen molar-refractivity contribution in [2.24, 2.45) is 0 Å². The van der Waals surface area contributed by atoms with Crippen LogP contribution in [0.25, 0.3) is 0 Å². The monoisotopic (exact) mass is 421 g/mol. The number of carbonyl (C=O) groups is 1. The molecule has 0 bridgehead atoms. The first-order valence-electron chi connectivity index (χ1n) is 8.36. The van der Waals surface area contributed by atoms with E-state index in [0.717, 1.165) is 10.6 Å². The molecule has 3 N–H and O–H groups in total. The molecule has 0 radical (unpaired) electrons. The highest BCUT2D eigenvalue weighted by atomic mass is 19.4. The van der Waals surface area contributed by atoms with Crippen LogP contribution in [0.5, 0.6) is 0 Å². The van der Waals surface area contributed by atoms with Crippen LogP contribution in [0.3, 0.4) is 0 Å². The zero-order valence-corrected chi connectivity index (χ0v) is 14.9. The Morgan fingerprint density at radius 3 is 2.90 bits per heavy atom. The number of carbonyl (C=O) groups excluding carboxylic acids is 1. The summed E-state index contributed by atoms with van der Waals surface area (Å²) in [6, 6.07) is 1.15. The Labute approximate surface area is 161 Å². The van der Waals surface area contributed by atoms with Crippen LogP contribution in [0.2, 0.25) is 0 Å². The Morgan fingerprint density at radius 1 is 1.45 bits per heavy atom. The summed E-state index contributed by atoms with van der Waals surface area (Å²) in [5.74, 6) is 0.391. The molecule has 1 aliphatic rings. The van der Waals surface area contributed by atoms with Crippen molar-refractivity contribution in [2.45, 2.75) is 31.0 Å². The number of hydrogen-bond donors (Lipinski definition) is 3. The fourth-order valence-electron chi connectivity index (χ4n) is 2.35. The van der Waals surface area contributed by atoms with E-state index < -0.39 is 41.8 Å². The average molecular weight is 421 g/mol. The Morgan fingerprint density at radius 2 is 2.21 bits per heavy atom. The maximum absolute atomic E-state index is 11.9. The topological polar surface area (TPSA) is 132 Å². The number of alkyl halides is 3. The molecule has 160 valence electrons. The van der Waals surface area contributed by atoms with Gasteiger partial charge in [-0.05, 0) is 5.92 Å². The summed E-state index contributed by atoms with van der Waals surface area (Å²) < 4.78 is 52.4. The van der Waals surface area contributed by atoms with Gasteiger partial charge in [0.2, 0.25) is 0 Å². The van der Waals surface area contributed by atoms with E-state index in [-0.39, 0.29) is 32.8 Å². The molecule has 1 aliphatic heterocycles. The molecule has 1 fully saturated rings. The first-order valence-corrected chi connectivity index (χ1v) is 8.36. The van der Waals surface area contributed by atoms with E-state index in [1.807, 2.05) is 0 Å². The minimum atomic E-state index is -4.94. The minimum absolute atomic E-state index is 0.107. The lowest BCUT2D eigenvalue weighted by Crippen LogP contribution is -2.38. The fraction of sp³-hybridized carbons (Fsp3) is 0.562. The number of halogens is 3. The highest BCUT2D eigenvalue weighted by Gasteiger charge is 2.38. The smallest absolute Gasteiger partial charge is 0.444 e. The largest absolute Gasteiger partial charge is 0.471 e. The number of H-pyrrole nitrogens is 1. The number of aliphatic hydroxyl groups excluding tert-OH is 1. The average Bonchev–Trinajstić information content (AvgIpc) is 2.99. The van der Waals surface area contributed by atoms with E-state index in [9.17, 15) is 32.7 Å². The molecule has 13 heteroatoms. The van der Waals surface area contributed by atoms with Crippen molar-refractivity contribution in [2.75, 3.05) is 26.4 Å². The molecule has 1 aromatic rings. The van der Waals surface area contributed by atoms with Gasteiger partial charge in [-0.15, -0.1) is 0 Å². The van der Waals surface area contributed by atoms with Gasteiger partial charge in [-0.2, -0.15) is 13.2 Å². The van der Waals surface area contributed by atoms with Crippen LogP contribution in [0.4, 0.5) is 13.2 Å². The second kappa shape index (κ2) is 10.1. The third kappa shape index (κ3) is 6.93. The first kappa shape index (κ1) is 22.5. The molecule has 0 saturated carbocycles. The fourth-order valence-corrected chi connectivity index (χ4v) is 2.35. The lowest BCUT2D eigenvalue weighted by atomic mass is 10.2. The number of amides is 1. The van der Waals surface area contributed by atoms with Crippen LogP contribution in [-0.4, -0.2) is 65.3 Å². The van der Waals surface area contributed by atoms with Crippen molar-refractivity contribution in [3.8, 4) is 12.0 Å². The quantitative estimate of drug-likeness (QED) is 0.375. The molecule has 0 unspecified atom stereocenters. The summed E-state index contributed by atoms with van der Waals surface area (Å²) in [5.41, 5.74) is -1.22. The van der Waals surface area contributed by atoms with Crippen LogP contribution >= 0.6 is 0 Å². The zero-order chi connectivity index (χ0) is 21.4. The number of aromatic amines is 1. The highest BCUT2D eigenvalue weighted by Crippen LogP contribution is 2.27. The molecule has 10 nitrogen and oxygen atoms in total. The van der Waals surface area contributed by atoms with E-state index in [0.29, 0.717) is 0 Å². The number of nitrogens with zero attached hydrogens (tertiary/aromatic N) is 1. The van der Waals surface area contributed by atoms with Gasteiger partial charge < -0.3 is 24.6 Å². The molecule has 0 aromatic carbocycles. The molecule has 2 rings (SSSR count). The third-order valence-electron chi connectivity index (χ3n) is 3.72. The summed E-state index contributed by atoms with van der Waals surface area (Å²) in [5, 5.41) is 11.6. The molecule has 0 spiro atoms. The van der Waals surface area contributed by atoms with Crippen molar-refractivity contribution >= 4 is 5.91 Å². The van der Waals surface area contributed by atoms with E-state index in [2.05, 4.69) is 17.0 Å².